The number of benzene rings is 1. The van der Waals surface area contributed by atoms with E-state index in [1.165, 1.54) is 54.3 Å². The summed E-state index contributed by atoms with van der Waals surface area (Å²) in [5.74, 6) is 6.70. The maximum atomic E-state index is 11.6. The summed E-state index contributed by atoms with van der Waals surface area (Å²) in [5.41, 5.74) is 11.2. The summed E-state index contributed by atoms with van der Waals surface area (Å²) in [6, 6.07) is 12.2. The van der Waals surface area contributed by atoms with Crippen LogP contribution in [-0.4, -0.2) is 45.7 Å². The highest BCUT2D eigenvalue weighted by atomic mass is 16.5. The molecular formula is C27H29N7O3. The number of carbonyl (C=O) groups excluding carboxylic acids is 2. The van der Waals surface area contributed by atoms with Crippen molar-refractivity contribution in [3.8, 4) is 17.0 Å². The zero-order valence-corrected chi connectivity index (χ0v) is 20.7. The van der Waals surface area contributed by atoms with Crippen molar-refractivity contribution < 1.29 is 14.3 Å². The smallest absolute Gasteiger partial charge is 0.210 e. The van der Waals surface area contributed by atoms with Crippen molar-refractivity contribution in [2.24, 2.45) is 11.6 Å². The largest absolute Gasteiger partial charge is 0.494 e. The quantitative estimate of drug-likeness (QED) is 0.159. The number of ether oxygens (including phenoxy) is 1. The minimum atomic E-state index is -0.0698. The zero-order valence-electron chi connectivity index (χ0n) is 20.7. The minimum absolute atomic E-state index is 0.0698. The Morgan fingerprint density at radius 1 is 1.22 bits per heavy atom. The molecular weight excluding hydrogens is 470 g/mol. The summed E-state index contributed by atoms with van der Waals surface area (Å²) >= 11 is 0. The summed E-state index contributed by atoms with van der Waals surface area (Å²) in [7, 11) is 1.52. The summed E-state index contributed by atoms with van der Waals surface area (Å²) in [5, 5.41) is 1.92. The molecule has 0 fully saturated rings. The molecule has 0 aliphatic carbocycles. The molecule has 0 bridgehead atoms. The molecule has 0 atom stereocenters. The van der Waals surface area contributed by atoms with Gasteiger partial charge in [-0.05, 0) is 36.6 Å². The van der Waals surface area contributed by atoms with Gasteiger partial charge in [0.2, 0.25) is 6.41 Å². The number of pyridine rings is 2. The van der Waals surface area contributed by atoms with Crippen LogP contribution in [0.2, 0.25) is 0 Å². The Hall–Kier alpha value is -4.70. The van der Waals surface area contributed by atoms with Gasteiger partial charge in [0.05, 0.1) is 29.9 Å². The summed E-state index contributed by atoms with van der Waals surface area (Å²) < 4.78 is 5.23. The van der Waals surface area contributed by atoms with Gasteiger partial charge >= 0.3 is 0 Å². The topological polar surface area (TPSA) is 143 Å². The van der Waals surface area contributed by atoms with Crippen LogP contribution in [0.4, 0.5) is 5.82 Å². The lowest BCUT2D eigenvalue weighted by molar-refractivity contribution is -0.118. The molecule has 5 N–H and O–H groups in total. The van der Waals surface area contributed by atoms with E-state index < -0.39 is 0 Å². The van der Waals surface area contributed by atoms with Crippen molar-refractivity contribution in [1.82, 2.24) is 19.9 Å². The molecule has 10 nitrogen and oxygen atoms in total. The molecule has 190 valence electrons. The number of aromatic nitrogens is 3. The van der Waals surface area contributed by atoms with Crippen molar-refractivity contribution in [3.63, 3.8) is 0 Å². The summed E-state index contributed by atoms with van der Waals surface area (Å²) in [6.45, 7) is 2.99. The van der Waals surface area contributed by atoms with Crippen LogP contribution in [-0.2, 0) is 17.8 Å². The lowest BCUT2D eigenvalue weighted by Gasteiger charge is -2.26. The van der Waals surface area contributed by atoms with Crippen molar-refractivity contribution in [1.29, 1.82) is 0 Å². The molecule has 4 aromatic rings. The van der Waals surface area contributed by atoms with Crippen LogP contribution in [0, 0.1) is 0 Å². The van der Waals surface area contributed by atoms with Crippen LogP contribution in [0.15, 0.2) is 67.4 Å². The predicted molar refractivity (Wildman–Crippen MR) is 142 cm³/mol. The molecule has 3 aromatic heterocycles. The molecule has 0 unspecified atom stereocenters. The molecule has 0 spiro atoms. The van der Waals surface area contributed by atoms with Crippen LogP contribution < -0.4 is 21.3 Å². The fourth-order valence-corrected chi connectivity index (χ4v) is 4.38. The van der Waals surface area contributed by atoms with Gasteiger partial charge < -0.3 is 20.4 Å². The third-order valence-corrected chi connectivity index (χ3v) is 6.13. The predicted octanol–water partition coefficient (Wildman–Crippen LogP) is 3.15. The first-order valence-corrected chi connectivity index (χ1v) is 11.7. The van der Waals surface area contributed by atoms with Crippen LogP contribution in [0.3, 0.4) is 0 Å². The highest BCUT2D eigenvalue weighted by Crippen LogP contribution is 2.33. The van der Waals surface area contributed by atoms with Crippen LogP contribution in [0.25, 0.3) is 22.2 Å². The average Bonchev–Trinajstić information content (AvgIpc) is 3.39. The van der Waals surface area contributed by atoms with E-state index >= 15 is 0 Å². The molecule has 0 saturated heterocycles. The lowest BCUT2D eigenvalue weighted by atomic mass is 9.93. The van der Waals surface area contributed by atoms with Gasteiger partial charge in [-0.1, -0.05) is 24.3 Å². The average molecular weight is 500 g/mol. The number of methoxy groups -OCH3 is 1. The van der Waals surface area contributed by atoms with Gasteiger partial charge in [-0.2, -0.15) is 0 Å². The first kappa shape index (κ1) is 25.4. The second-order valence-corrected chi connectivity index (χ2v) is 8.39. The molecule has 1 amide bonds. The monoisotopic (exact) mass is 499 g/mol. The van der Waals surface area contributed by atoms with Gasteiger partial charge in [0.15, 0.2) is 11.6 Å². The van der Waals surface area contributed by atoms with E-state index in [4.69, 9.17) is 16.3 Å². The van der Waals surface area contributed by atoms with Gasteiger partial charge in [-0.15, -0.1) is 0 Å². The minimum Gasteiger partial charge on any atom is -0.494 e. The molecule has 0 saturated carbocycles. The van der Waals surface area contributed by atoms with E-state index in [-0.39, 0.29) is 5.78 Å². The number of aromatic amines is 1. The normalized spacial score (nSPS) is 12.6. The Morgan fingerprint density at radius 3 is 2.73 bits per heavy atom. The molecule has 1 aliphatic heterocycles. The number of anilines is 1. The van der Waals surface area contributed by atoms with Gasteiger partial charge in [-0.3, -0.25) is 19.6 Å². The standard InChI is InChI=1S/C15H14N2O.C12H15N5O2/c18-11-17-9-7-13-12(10-17)4-3-5-14(13)15-6-1-2-8-16-15;1-7(18)8-5-15-11-10(8)9(19-2)6-16-12(11)17(14)4-3-13/h1-6,8,11H,7,9-10H2;3-6,15H,13-14H2,1-2H3/b;4-3-. The Labute approximate surface area is 214 Å². The van der Waals surface area contributed by atoms with E-state index in [0.717, 1.165) is 25.1 Å². The lowest BCUT2D eigenvalue weighted by Crippen LogP contribution is -2.29. The summed E-state index contributed by atoms with van der Waals surface area (Å²) in [4.78, 5) is 35.9. The third kappa shape index (κ3) is 5.29. The third-order valence-electron chi connectivity index (χ3n) is 6.13. The molecule has 1 aromatic carbocycles. The Kier molecular flexibility index (Phi) is 7.80. The zero-order chi connectivity index (χ0) is 26.4. The number of rotatable bonds is 6. The number of carbonyl (C=O) groups is 2. The fourth-order valence-electron chi connectivity index (χ4n) is 4.38. The number of hydrazine groups is 1. The number of hydrogen-bond donors (Lipinski definition) is 3. The van der Waals surface area contributed by atoms with Gasteiger partial charge in [0.25, 0.3) is 0 Å². The van der Waals surface area contributed by atoms with Crippen molar-refractivity contribution in [3.05, 3.63) is 84.1 Å². The van der Waals surface area contributed by atoms with Crippen LogP contribution >= 0.6 is 0 Å². The number of hydrogen-bond acceptors (Lipinski definition) is 8. The molecule has 5 rings (SSSR count). The van der Waals surface area contributed by atoms with Crippen molar-refractivity contribution in [2.45, 2.75) is 19.9 Å². The number of nitrogens with zero attached hydrogens (tertiary/aromatic N) is 4. The number of nitrogens with two attached hydrogens (primary N) is 2. The highest BCUT2D eigenvalue weighted by molar-refractivity contribution is 6.11. The van der Waals surface area contributed by atoms with Gasteiger partial charge in [0.1, 0.15) is 5.75 Å². The molecule has 10 heteroatoms. The van der Waals surface area contributed by atoms with E-state index in [9.17, 15) is 9.59 Å². The Bertz CT molecular complexity index is 1430. The van der Waals surface area contributed by atoms with E-state index in [0.29, 0.717) is 34.6 Å². The van der Waals surface area contributed by atoms with Gasteiger partial charge in [-0.25, -0.2) is 10.8 Å². The maximum Gasteiger partial charge on any atom is 0.210 e. The second kappa shape index (κ2) is 11.4. The maximum absolute atomic E-state index is 11.6. The molecule has 1 aliphatic rings. The van der Waals surface area contributed by atoms with Crippen molar-refractivity contribution >= 4 is 28.9 Å². The molecule has 37 heavy (non-hydrogen) atoms. The van der Waals surface area contributed by atoms with E-state index in [1.807, 2.05) is 35.4 Å². The van der Waals surface area contributed by atoms with Crippen LogP contribution in [0.1, 0.15) is 28.4 Å². The number of Topliss-reactive ketones (excluding diaryl/α,β-unsaturated/α-hetero) is 1. The number of ketones is 1. The van der Waals surface area contributed by atoms with Crippen molar-refractivity contribution in [2.75, 3.05) is 18.7 Å². The number of fused-ring (bicyclic) bond motifs is 2. The number of amides is 1. The number of H-pyrrole nitrogens is 1. The SMILES string of the molecule is COc1cnc(N(N)/C=C\N)c2[nH]cc(C(C)=O)c12.O=CN1CCc2c(cccc2-c2ccccn2)C1. The second-order valence-electron chi connectivity index (χ2n) is 8.39. The molecule has 0 radical (unpaired) electrons. The Balaban J connectivity index is 0.000000173. The van der Waals surface area contributed by atoms with E-state index in [2.05, 4.69) is 27.1 Å². The first-order valence-electron chi connectivity index (χ1n) is 11.7. The highest BCUT2D eigenvalue weighted by Gasteiger charge is 2.19. The van der Waals surface area contributed by atoms with Crippen LogP contribution in [0.5, 0.6) is 5.75 Å². The Morgan fingerprint density at radius 2 is 2.05 bits per heavy atom. The fraction of sp³-hybridized carbons (Fsp3) is 0.185. The summed E-state index contributed by atoms with van der Waals surface area (Å²) in [6.07, 6.45) is 9.53. The molecule has 4 heterocycles. The van der Waals surface area contributed by atoms with Gasteiger partial charge in [0, 0.05) is 49.0 Å². The number of nitrogens with one attached hydrogen (secondary N) is 1. The first-order chi connectivity index (χ1) is 18.0. The van der Waals surface area contributed by atoms with E-state index in [1.54, 1.807) is 6.20 Å².